The fourth-order valence-corrected chi connectivity index (χ4v) is 3.35. The lowest BCUT2D eigenvalue weighted by molar-refractivity contribution is 0.317. The molecule has 3 atom stereocenters. The molecule has 0 amide bonds. The van der Waals surface area contributed by atoms with Crippen molar-refractivity contribution in [3.63, 3.8) is 0 Å². The predicted octanol–water partition coefficient (Wildman–Crippen LogP) is 2.99. The van der Waals surface area contributed by atoms with Gasteiger partial charge in [0.15, 0.2) is 11.6 Å². The van der Waals surface area contributed by atoms with Crippen LogP contribution in [-0.2, 0) is 0 Å². The summed E-state index contributed by atoms with van der Waals surface area (Å²) in [6.07, 6.45) is 5.86. The highest BCUT2D eigenvalue weighted by Crippen LogP contribution is 2.38. The molecule has 2 aromatic heterocycles. The molecule has 24 heavy (non-hydrogen) atoms. The number of nitrogens with zero attached hydrogens (tertiary/aromatic N) is 3. The molecule has 1 aliphatic rings. The number of hydrogen-bond donors (Lipinski definition) is 2. The molecule has 0 spiro atoms. The van der Waals surface area contributed by atoms with Crippen molar-refractivity contribution in [2.24, 2.45) is 5.92 Å². The van der Waals surface area contributed by atoms with E-state index in [0.29, 0.717) is 11.8 Å². The second-order valence-electron chi connectivity index (χ2n) is 6.33. The minimum absolute atomic E-state index is 0.0604. The number of rotatable bonds is 4. The molecular formula is C17H22FN5O. The lowest BCUT2D eigenvalue weighted by Crippen LogP contribution is -2.34. The third kappa shape index (κ3) is 3.55. The maximum atomic E-state index is 14.0. The number of methoxy groups -OCH3 is 1. The summed E-state index contributed by atoms with van der Waals surface area (Å²) >= 11 is 0. The van der Waals surface area contributed by atoms with Gasteiger partial charge in [-0.2, -0.15) is 4.98 Å². The topological polar surface area (TPSA) is 86.0 Å². The third-order valence-corrected chi connectivity index (χ3v) is 4.59. The number of nitrogens with two attached hydrogens (primary N) is 1. The number of aromatic nitrogens is 3. The quantitative estimate of drug-likeness (QED) is 0.896. The van der Waals surface area contributed by atoms with E-state index >= 15 is 0 Å². The molecule has 3 N–H and O–H groups in total. The van der Waals surface area contributed by atoms with Crippen LogP contribution < -0.4 is 15.8 Å². The van der Waals surface area contributed by atoms with Crippen LogP contribution in [0.15, 0.2) is 24.5 Å². The van der Waals surface area contributed by atoms with Gasteiger partial charge in [-0.15, -0.1) is 0 Å². The zero-order chi connectivity index (χ0) is 17.1. The number of nitrogen functional groups attached to an aromatic ring is 1. The second-order valence-corrected chi connectivity index (χ2v) is 6.33. The zero-order valence-corrected chi connectivity index (χ0v) is 13.9. The van der Waals surface area contributed by atoms with E-state index in [1.54, 1.807) is 13.3 Å². The maximum absolute atomic E-state index is 14.0. The summed E-state index contributed by atoms with van der Waals surface area (Å²) in [5.74, 6) is 1.14. The van der Waals surface area contributed by atoms with Gasteiger partial charge in [-0.05, 0) is 36.8 Å². The first-order valence-electron chi connectivity index (χ1n) is 8.11. The first kappa shape index (κ1) is 16.4. The van der Waals surface area contributed by atoms with Crippen LogP contribution in [0.4, 0.5) is 16.2 Å². The Kier molecular flexibility index (Phi) is 4.78. The number of nitrogens with one attached hydrogen (secondary N) is 1. The molecule has 1 fully saturated rings. The van der Waals surface area contributed by atoms with Gasteiger partial charge in [0.1, 0.15) is 0 Å². The highest BCUT2D eigenvalue weighted by atomic mass is 19.1. The number of halogens is 1. The standard InChI is InChI=1S/C17H22FN5O/c1-10-3-4-14(22-16-13(18)9-21-17(19)23-16)12(7-10)11-5-6-20-15(8-11)24-2/h5-6,8-10,12,14H,3-4,7H2,1-2H3,(H3,19,21,22,23)/t10-,12?,14-/m1/s1. The number of hydrogen-bond acceptors (Lipinski definition) is 6. The van der Waals surface area contributed by atoms with Crippen LogP contribution in [-0.4, -0.2) is 28.1 Å². The highest BCUT2D eigenvalue weighted by molar-refractivity contribution is 5.42. The van der Waals surface area contributed by atoms with Crippen molar-refractivity contribution in [1.29, 1.82) is 0 Å². The van der Waals surface area contributed by atoms with Crippen LogP contribution in [0.5, 0.6) is 5.88 Å². The molecular weight excluding hydrogens is 309 g/mol. The van der Waals surface area contributed by atoms with Gasteiger partial charge in [0.05, 0.1) is 13.3 Å². The molecule has 3 rings (SSSR count). The van der Waals surface area contributed by atoms with Crippen molar-refractivity contribution in [3.05, 3.63) is 35.9 Å². The molecule has 1 unspecified atom stereocenters. The van der Waals surface area contributed by atoms with E-state index in [-0.39, 0.29) is 23.7 Å². The smallest absolute Gasteiger partial charge is 0.222 e. The van der Waals surface area contributed by atoms with Gasteiger partial charge >= 0.3 is 0 Å². The van der Waals surface area contributed by atoms with Crippen LogP contribution in [0, 0.1) is 11.7 Å². The summed E-state index contributed by atoms with van der Waals surface area (Å²) in [6, 6.07) is 4.00. The number of anilines is 2. The van der Waals surface area contributed by atoms with Gasteiger partial charge < -0.3 is 15.8 Å². The third-order valence-electron chi connectivity index (χ3n) is 4.59. The van der Waals surface area contributed by atoms with E-state index in [4.69, 9.17) is 10.5 Å². The fourth-order valence-electron chi connectivity index (χ4n) is 3.35. The van der Waals surface area contributed by atoms with E-state index in [9.17, 15) is 4.39 Å². The van der Waals surface area contributed by atoms with E-state index in [2.05, 4.69) is 27.2 Å². The van der Waals surface area contributed by atoms with Gasteiger partial charge in [-0.3, -0.25) is 0 Å². The molecule has 128 valence electrons. The first-order valence-corrected chi connectivity index (χ1v) is 8.11. The Labute approximate surface area is 140 Å². The zero-order valence-electron chi connectivity index (χ0n) is 13.9. The second kappa shape index (κ2) is 6.98. The molecule has 0 bridgehead atoms. The van der Waals surface area contributed by atoms with Crippen molar-refractivity contribution in [2.75, 3.05) is 18.2 Å². The minimum atomic E-state index is -0.492. The van der Waals surface area contributed by atoms with Gasteiger partial charge in [0.2, 0.25) is 11.8 Å². The largest absolute Gasteiger partial charge is 0.481 e. The van der Waals surface area contributed by atoms with Crippen molar-refractivity contribution in [2.45, 2.75) is 38.1 Å². The van der Waals surface area contributed by atoms with E-state index in [0.717, 1.165) is 31.0 Å². The summed E-state index contributed by atoms with van der Waals surface area (Å²) in [6.45, 7) is 2.24. The maximum Gasteiger partial charge on any atom is 0.222 e. The Morgan fingerprint density at radius 2 is 2.17 bits per heavy atom. The van der Waals surface area contributed by atoms with Gasteiger partial charge in [0, 0.05) is 24.2 Å². The SMILES string of the molecule is COc1cc(C2C[C@H](C)CC[C@H]2Nc2nc(N)ncc2F)ccn1. The molecule has 6 nitrogen and oxygen atoms in total. The van der Waals surface area contributed by atoms with Gasteiger partial charge in [-0.25, -0.2) is 14.4 Å². The van der Waals surface area contributed by atoms with Gasteiger partial charge in [-0.1, -0.05) is 6.92 Å². The van der Waals surface area contributed by atoms with Crippen molar-refractivity contribution in [3.8, 4) is 5.88 Å². The summed E-state index contributed by atoms with van der Waals surface area (Å²) in [4.78, 5) is 11.8. The van der Waals surface area contributed by atoms with Crippen LogP contribution in [0.25, 0.3) is 0 Å². The number of pyridine rings is 1. The van der Waals surface area contributed by atoms with E-state index < -0.39 is 5.82 Å². The van der Waals surface area contributed by atoms with Crippen LogP contribution in [0.3, 0.4) is 0 Å². The summed E-state index contributed by atoms with van der Waals surface area (Å²) in [5, 5.41) is 3.23. The molecule has 2 aromatic rings. The Bertz CT molecular complexity index is 711. The molecule has 1 aliphatic carbocycles. The lowest BCUT2D eigenvalue weighted by atomic mass is 9.75. The monoisotopic (exact) mass is 331 g/mol. The fraction of sp³-hybridized carbons (Fsp3) is 0.471. The van der Waals surface area contributed by atoms with E-state index in [1.165, 1.54) is 0 Å². The molecule has 2 heterocycles. The van der Waals surface area contributed by atoms with E-state index in [1.807, 2.05) is 12.1 Å². The van der Waals surface area contributed by atoms with Crippen LogP contribution in [0.2, 0.25) is 0 Å². The molecule has 0 saturated heterocycles. The normalized spacial score (nSPS) is 23.7. The Hall–Kier alpha value is -2.44. The molecule has 1 saturated carbocycles. The van der Waals surface area contributed by atoms with Crippen LogP contribution in [0.1, 0.15) is 37.7 Å². The minimum Gasteiger partial charge on any atom is -0.481 e. The summed E-state index contributed by atoms with van der Waals surface area (Å²) < 4.78 is 19.2. The average molecular weight is 331 g/mol. The molecule has 0 aromatic carbocycles. The summed E-state index contributed by atoms with van der Waals surface area (Å²) in [5.41, 5.74) is 6.72. The first-order chi connectivity index (χ1) is 11.6. The average Bonchev–Trinajstić information content (AvgIpc) is 2.59. The Morgan fingerprint density at radius 3 is 2.96 bits per heavy atom. The highest BCUT2D eigenvalue weighted by Gasteiger charge is 2.31. The van der Waals surface area contributed by atoms with Crippen LogP contribution >= 0.6 is 0 Å². The lowest BCUT2D eigenvalue weighted by Gasteiger charge is -2.36. The van der Waals surface area contributed by atoms with Crippen molar-refractivity contribution in [1.82, 2.24) is 15.0 Å². The Balaban J connectivity index is 1.87. The Morgan fingerprint density at radius 1 is 1.33 bits per heavy atom. The summed E-state index contributed by atoms with van der Waals surface area (Å²) in [7, 11) is 1.60. The van der Waals surface area contributed by atoms with Crippen molar-refractivity contribution < 1.29 is 9.13 Å². The predicted molar refractivity (Wildman–Crippen MR) is 90.4 cm³/mol. The molecule has 7 heteroatoms. The molecule has 0 radical (unpaired) electrons. The number of ether oxygens (including phenoxy) is 1. The van der Waals surface area contributed by atoms with Gasteiger partial charge in [0.25, 0.3) is 0 Å². The van der Waals surface area contributed by atoms with Crippen molar-refractivity contribution >= 4 is 11.8 Å². The molecule has 0 aliphatic heterocycles.